The molecule has 0 bridgehead atoms. The van der Waals surface area contributed by atoms with E-state index in [1.165, 1.54) is 12.1 Å². The van der Waals surface area contributed by atoms with E-state index in [9.17, 15) is 9.18 Å². The Kier molecular flexibility index (Phi) is 4.01. The Hall–Kier alpha value is -2.46. The number of anilines is 1. The van der Waals surface area contributed by atoms with Crippen LogP contribution in [0.4, 0.5) is 10.1 Å². The minimum Gasteiger partial charge on any atom is -0.319 e. The van der Waals surface area contributed by atoms with Gasteiger partial charge in [0.15, 0.2) is 5.82 Å². The minimum absolute atomic E-state index is 0.0330. The van der Waals surface area contributed by atoms with Gasteiger partial charge in [-0.05, 0) is 44.2 Å². The summed E-state index contributed by atoms with van der Waals surface area (Å²) in [6, 6.07) is 11.9. The van der Waals surface area contributed by atoms with Gasteiger partial charge in [0.1, 0.15) is 0 Å². The maximum atomic E-state index is 14.0. The van der Waals surface area contributed by atoms with Crippen molar-refractivity contribution in [3.05, 3.63) is 70.1 Å². The average Bonchev–Trinajstić information content (AvgIpc) is 2.51. The maximum absolute atomic E-state index is 14.0. The second kappa shape index (κ2) is 5.97. The monoisotopic (exact) mass is 328 g/mol. The second-order valence-electron chi connectivity index (χ2n) is 5.39. The molecule has 116 valence electrons. The molecule has 0 saturated carbocycles. The first-order chi connectivity index (χ1) is 11.0. The molecule has 2 aromatic carbocycles. The van der Waals surface area contributed by atoms with Crippen molar-refractivity contribution in [1.82, 2.24) is 4.98 Å². The molecule has 1 heterocycles. The molecule has 0 aliphatic carbocycles. The third-order valence-electron chi connectivity index (χ3n) is 3.54. The molecule has 0 radical (unpaired) electrons. The highest BCUT2D eigenvalue weighted by atomic mass is 35.5. The lowest BCUT2D eigenvalue weighted by Crippen LogP contribution is -2.14. The fourth-order valence-corrected chi connectivity index (χ4v) is 2.62. The number of hydrogen-bond donors (Lipinski definition) is 1. The van der Waals surface area contributed by atoms with Crippen LogP contribution in [0.1, 0.15) is 21.6 Å². The summed E-state index contributed by atoms with van der Waals surface area (Å²) in [5, 5.41) is 3.28. The van der Waals surface area contributed by atoms with Crippen LogP contribution in [0.5, 0.6) is 0 Å². The van der Waals surface area contributed by atoms with E-state index in [1.807, 2.05) is 32.0 Å². The number of amides is 1. The van der Waals surface area contributed by atoms with Crippen molar-refractivity contribution in [2.45, 2.75) is 13.8 Å². The summed E-state index contributed by atoms with van der Waals surface area (Å²) >= 11 is 5.75. The summed E-state index contributed by atoms with van der Waals surface area (Å²) in [5.74, 6) is -1.04. The molecule has 5 heteroatoms. The summed E-state index contributed by atoms with van der Waals surface area (Å²) in [7, 11) is 0. The van der Waals surface area contributed by atoms with Gasteiger partial charge in [0.05, 0.1) is 21.8 Å². The predicted molar refractivity (Wildman–Crippen MR) is 90.6 cm³/mol. The number of nitrogens with one attached hydrogen (secondary N) is 1. The number of halogens is 2. The molecule has 0 aliphatic heterocycles. The Morgan fingerprint density at radius 2 is 1.96 bits per heavy atom. The molecule has 1 amide bonds. The van der Waals surface area contributed by atoms with Crippen LogP contribution in [0.25, 0.3) is 10.9 Å². The van der Waals surface area contributed by atoms with Crippen LogP contribution in [0.15, 0.2) is 42.5 Å². The Labute approximate surface area is 138 Å². The molecule has 0 fully saturated rings. The van der Waals surface area contributed by atoms with Crippen LogP contribution in [0, 0.1) is 19.7 Å². The van der Waals surface area contributed by atoms with E-state index in [0.717, 1.165) is 22.2 Å². The number of carbonyl (C=O) groups is 1. The number of rotatable bonds is 2. The van der Waals surface area contributed by atoms with Crippen molar-refractivity contribution in [3.63, 3.8) is 0 Å². The number of aromatic nitrogens is 1. The number of pyridine rings is 1. The van der Waals surface area contributed by atoms with Gasteiger partial charge in [0.25, 0.3) is 5.91 Å². The highest BCUT2D eigenvalue weighted by molar-refractivity contribution is 6.31. The zero-order valence-corrected chi connectivity index (χ0v) is 13.4. The maximum Gasteiger partial charge on any atom is 0.256 e. The van der Waals surface area contributed by atoms with Crippen molar-refractivity contribution >= 4 is 34.1 Å². The molecule has 0 atom stereocenters. The topological polar surface area (TPSA) is 42.0 Å². The van der Waals surface area contributed by atoms with Crippen LogP contribution < -0.4 is 5.32 Å². The predicted octanol–water partition coefficient (Wildman–Crippen LogP) is 4.90. The van der Waals surface area contributed by atoms with Gasteiger partial charge in [0.2, 0.25) is 0 Å². The molecule has 3 aromatic rings. The molecule has 23 heavy (non-hydrogen) atoms. The third kappa shape index (κ3) is 3.03. The van der Waals surface area contributed by atoms with E-state index < -0.39 is 11.7 Å². The lowest BCUT2D eigenvalue weighted by molar-refractivity contribution is 0.102. The lowest BCUT2D eigenvalue weighted by Gasteiger charge is -2.11. The quantitative estimate of drug-likeness (QED) is 0.727. The Morgan fingerprint density at radius 1 is 1.17 bits per heavy atom. The van der Waals surface area contributed by atoms with Crippen molar-refractivity contribution in [3.8, 4) is 0 Å². The highest BCUT2D eigenvalue weighted by Crippen LogP contribution is 2.25. The van der Waals surface area contributed by atoms with Crippen molar-refractivity contribution in [1.29, 1.82) is 0 Å². The first kappa shape index (κ1) is 15.4. The summed E-state index contributed by atoms with van der Waals surface area (Å²) in [6.45, 7) is 3.76. The zero-order valence-electron chi connectivity index (χ0n) is 12.7. The van der Waals surface area contributed by atoms with Gasteiger partial charge in [-0.25, -0.2) is 4.39 Å². The van der Waals surface area contributed by atoms with Gasteiger partial charge in [-0.1, -0.05) is 29.3 Å². The Bertz CT molecular complexity index is 924. The van der Waals surface area contributed by atoms with Gasteiger partial charge in [-0.15, -0.1) is 0 Å². The molecular weight excluding hydrogens is 315 g/mol. The van der Waals surface area contributed by atoms with Crippen LogP contribution in [0.3, 0.4) is 0 Å². The largest absolute Gasteiger partial charge is 0.319 e. The lowest BCUT2D eigenvalue weighted by atomic mass is 10.0. The fourth-order valence-electron chi connectivity index (χ4n) is 2.45. The number of fused-ring (bicyclic) bond motifs is 1. The van der Waals surface area contributed by atoms with E-state index in [2.05, 4.69) is 10.3 Å². The second-order valence-corrected chi connectivity index (χ2v) is 5.79. The number of hydrogen-bond acceptors (Lipinski definition) is 2. The molecule has 1 N–H and O–H groups in total. The molecule has 0 saturated heterocycles. The third-order valence-corrected chi connectivity index (χ3v) is 3.83. The zero-order chi connectivity index (χ0) is 16.6. The standard InChI is InChI=1S/C18H14ClFN2O/c1-10-6-7-15-12(8-10)13(9-11(2)21-15)18(23)22-16-5-3-4-14(19)17(16)20/h3-9H,1-2H3,(H,22,23). The molecule has 3 nitrogen and oxygen atoms in total. The van der Waals surface area contributed by atoms with Crippen LogP contribution in [0.2, 0.25) is 5.02 Å². The van der Waals surface area contributed by atoms with E-state index in [-0.39, 0.29) is 10.7 Å². The first-order valence-corrected chi connectivity index (χ1v) is 7.47. The van der Waals surface area contributed by atoms with E-state index in [1.54, 1.807) is 12.1 Å². The van der Waals surface area contributed by atoms with Crippen LogP contribution in [-0.2, 0) is 0 Å². The molecule has 0 spiro atoms. The van der Waals surface area contributed by atoms with Gasteiger partial charge >= 0.3 is 0 Å². The van der Waals surface area contributed by atoms with Crippen LogP contribution in [-0.4, -0.2) is 10.9 Å². The molecule has 0 aliphatic rings. The fraction of sp³-hybridized carbons (Fsp3) is 0.111. The van der Waals surface area contributed by atoms with E-state index in [4.69, 9.17) is 11.6 Å². The summed E-state index contributed by atoms with van der Waals surface area (Å²) in [6.07, 6.45) is 0. The highest BCUT2D eigenvalue weighted by Gasteiger charge is 2.15. The molecule has 1 aromatic heterocycles. The number of benzene rings is 2. The molecule has 3 rings (SSSR count). The Balaban J connectivity index is 2.07. The van der Waals surface area contributed by atoms with Gasteiger partial charge < -0.3 is 5.32 Å². The SMILES string of the molecule is Cc1ccc2nc(C)cc(C(=O)Nc3cccc(Cl)c3F)c2c1. The van der Waals surface area contributed by atoms with Gasteiger partial charge in [-0.2, -0.15) is 0 Å². The van der Waals surface area contributed by atoms with Gasteiger partial charge in [-0.3, -0.25) is 9.78 Å². The van der Waals surface area contributed by atoms with Crippen molar-refractivity contribution in [2.24, 2.45) is 0 Å². The van der Waals surface area contributed by atoms with Crippen LogP contribution >= 0.6 is 11.6 Å². The van der Waals surface area contributed by atoms with Gasteiger partial charge in [0, 0.05) is 11.1 Å². The first-order valence-electron chi connectivity index (χ1n) is 7.09. The molecule has 0 unspecified atom stereocenters. The average molecular weight is 329 g/mol. The summed E-state index contributed by atoms with van der Waals surface area (Å²) < 4.78 is 14.0. The summed E-state index contributed by atoms with van der Waals surface area (Å²) in [4.78, 5) is 17.0. The van der Waals surface area contributed by atoms with E-state index >= 15 is 0 Å². The number of carbonyl (C=O) groups excluding carboxylic acids is 1. The number of aryl methyl sites for hydroxylation is 2. The summed E-state index contributed by atoms with van der Waals surface area (Å²) in [5.41, 5.74) is 2.98. The normalized spacial score (nSPS) is 10.8. The Morgan fingerprint density at radius 3 is 2.74 bits per heavy atom. The smallest absolute Gasteiger partial charge is 0.256 e. The number of nitrogens with zero attached hydrogens (tertiary/aromatic N) is 1. The van der Waals surface area contributed by atoms with Crippen molar-refractivity contribution in [2.75, 3.05) is 5.32 Å². The van der Waals surface area contributed by atoms with E-state index in [0.29, 0.717) is 5.56 Å². The van der Waals surface area contributed by atoms with Crippen molar-refractivity contribution < 1.29 is 9.18 Å². The minimum atomic E-state index is -0.645. The molecular formula is C18H14ClFN2O.